The van der Waals surface area contributed by atoms with Crippen molar-refractivity contribution >= 4 is 33.6 Å². The van der Waals surface area contributed by atoms with E-state index in [1.807, 2.05) is 22.9 Å². The number of rotatable bonds is 5. The first-order valence-electron chi connectivity index (χ1n) is 16.1. The second-order valence-electron chi connectivity index (χ2n) is 13.8. The van der Waals surface area contributed by atoms with Crippen LogP contribution in [0, 0.1) is 5.41 Å². The number of nitrogens with zero attached hydrogens (tertiary/aromatic N) is 3. The molecule has 2 bridgehead atoms. The fourth-order valence-corrected chi connectivity index (χ4v) is 9.57. The standard InChI is InChI=1S/C34H40N4O5S/c1-36-17-22-9-10-23(18-36)38(22)33(40)34-16-28(34)27-15-24(43-2)11-13-25(27)31-30(20-6-4-3-5-7-20)26-12-8-21(32(39)35-44(41)42)14-29(26)37(31)19-34/h8,11-15,20,22-23,28,44H,3-7,9-10,16-19H2,1-2H3,(H,35,39,41,42). The number of thiol groups is 1. The van der Waals surface area contributed by atoms with Crippen LogP contribution in [0.5, 0.6) is 5.75 Å². The number of piperazine rings is 1. The van der Waals surface area contributed by atoms with E-state index in [-0.39, 0.29) is 23.9 Å². The van der Waals surface area contributed by atoms with Crippen LogP contribution in [-0.4, -0.2) is 73.9 Å². The molecule has 1 aromatic heterocycles. The first kappa shape index (κ1) is 28.1. The number of carbonyl (C=O) groups is 2. The molecule has 0 spiro atoms. The van der Waals surface area contributed by atoms with Gasteiger partial charge in [0.1, 0.15) is 5.75 Å². The van der Waals surface area contributed by atoms with Gasteiger partial charge in [0.25, 0.3) is 5.91 Å². The number of likely N-dealkylation sites (N-methyl/N-ethyl adjacent to an activating group) is 1. The third kappa shape index (κ3) is 4.24. The van der Waals surface area contributed by atoms with Crippen LogP contribution in [0.2, 0.25) is 0 Å². The Hall–Kier alpha value is -3.37. The summed E-state index contributed by atoms with van der Waals surface area (Å²) in [6.07, 6.45) is 8.70. The number of ether oxygens (including phenoxy) is 1. The van der Waals surface area contributed by atoms with Crippen LogP contribution in [0.25, 0.3) is 22.2 Å². The number of hydrogen-bond acceptors (Lipinski definition) is 6. The van der Waals surface area contributed by atoms with Crippen molar-refractivity contribution in [1.82, 2.24) is 19.1 Å². The number of hydrogen-bond donors (Lipinski definition) is 2. The molecule has 2 saturated carbocycles. The van der Waals surface area contributed by atoms with Crippen molar-refractivity contribution in [3.63, 3.8) is 0 Å². The van der Waals surface area contributed by atoms with Crippen LogP contribution >= 0.6 is 0 Å². The zero-order valence-corrected chi connectivity index (χ0v) is 26.3. The van der Waals surface area contributed by atoms with E-state index in [9.17, 15) is 18.0 Å². The molecule has 0 radical (unpaired) electrons. The van der Waals surface area contributed by atoms with E-state index in [0.29, 0.717) is 18.0 Å². The summed E-state index contributed by atoms with van der Waals surface area (Å²) in [5, 5.41) is 1.10. The maximum atomic E-state index is 14.9. The lowest BCUT2D eigenvalue weighted by atomic mass is 9.81. The molecule has 4 unspecified atom stereocenters. The van der Waals surface area contributed by atoms with Gasteiger partial charge in [-0.25, -0.2) is 8.42 Å². The number of carbonyl (C=O) groups excluding carboxylic acids is 2. The second-order valence-corrected chi connectivity index (χ2v) is 14.5. The second kappa shape index (κ2) is 10.3. The lowest BCUT2D eigenvalue weighted by molar-refractivity contribution is -0.143. The number of fused-ring (bicyclic) bond motifs is 9. The Bertz CT molecular complexity index is 1750. The largest absolute Gasteiger partial charge is 0.497 e. The van der Waals surface area contributed by atoms with E-state index >= 15 is 0 Å². The summed E-state index contributed by atoms with van der Waals surface area (Å²) >= 11 is 0. The first-order chi connectivity index (χ1) is 21.3. The van der Waals surface area contributed by atoms with Gasteiger partial charge < -0.3 is 19.1 Å². The fraction of sp³-hybridized carbons (Fsp3) is 0.529. The molecule has 3 aliphatic heterocycles. The number of benzene rings is 2. The fourth-order valence-electron chi connectivity index (χ4n) is 9.27. The Morgan fingerprint density at radius 1 is 0.977 bits per heavy atom. The molecule has 2 amide bonds. The molecule has 2 saturated heterocycles. The minimum Gasteiger partial charge on any atom is -0.497 e. The van der Waals surface area contributed by atoms with Gasteiger partial charge in [-0.1, -0.05) is 25.3 Å². The third-order valence-corrected chi connectivity index (χ3v) is 11.7. The lowest BCUT2D eigenvalue weighted by Gasteiger charge is -2.41. The highest BCUT2D eigenvalue weighted by molar-refractivity contribution is 7.71. The summed E-state index contributed by atoms with van der Waals surface area (Å²) in [4.78, 5) is 32.4. The third-order valence-electron chi connectivity index (χ3n) is 11.3. The van der Waals surface area contributed by atoms with E-state index in [2.05, 4.69) is 33.5 Å². The maximum Gasteiger partial charge on any atom is 0.264 e. The molecule has 232 valence electrons. The molecule has 8 rings (SSSR count). The number of methoxy groups -OCH3 is 1. The molecule has 10 heteroatoms. The summed E-state index contributed by atoms with van der Waals surface area (Å²) in [7, 11) is 0.779. The summed E-state index contributed by atoms with van der Waals surface area (Å²) in [5.41, 5.74) is 5.41. The highest BCUT2D eigenvalue weighted by atomic mass is 32.2. The smallest absolute Gasteiger partial charge is 0.264 e. The number of amides is 2. The first-order valence-corrected chi connectivity index (χ1v) is 17.3. The molecule has 4 heterocycles. The topological polar surface area (TPSA) is 101 Å². The van der Waals surface area contributed by atoms with Gasteiger partial charge in [0.2, 0.25) is 16.8 Å². The van der Waals surface area contributed by atoms with Crippen molar-refractivity contribution in [2.45, 2.75) is 81.8 Å². The van der Waals surface area contributed by atoms with Gasteiger partial charge in [0.05, 0.1) is 18.2 Å². The van der Waals surface area contributed by atoms with Crippen LogP contribution < -0.4 is 9.46 Å². The molecule has 4 fully saturated rings. The van der Waals surface area contributed by atoms with Crippen LogP contribution in [0.3, 0.4) is 0 Å². The monoisotopic (exact) mass is 616 g/mol. The van der Waals surface area contributed by atoms with Gasteiger partial charge in [0, 0.05) is 59.7 Å². The lowest BCUT2D eigenvalue weighted by Crippen LogP contribution is -2.57. The summed E-state index contributed by atoms with van der Waals surface area (Å²) in [6.45, 7) is 2.37. The van der Waals surface area contributed by atoms with Gasteiger partial charge >= 0.3 is 0 Å². The Kier molecular flexibility index (Phi) is 6.61. The molecule has 3 aromatic rings. The van der Waals surface area contributed by atoms with E-state index in [0.717, 1.165) is 73.1 Å². The Morgan fingerprint density at radius 3 is 2.43 bits per heavy atom. The Labute approximate surface area is 259 Å². The average molecular weight is 617 g/mol. The molecule has 4 atom stereocenters. The maximum absolute atomic E-state index is 14.9. The zero-order chi connectivity index (χ0) is 30.3. The van der Waals surface area contributed by atoms with Gasteiger partial charge in [-0.05, 0) is 86.5 Å². The predicted octanol–water partition coefficient (Wildman–Crippen LogP) is 4.41. The Morgan fingerprint density at radius 2 is 1.73 bits per heavy atom. The van der Waals surface area contributed by atoms with E-state index in [1.54, 1.807) is 13.2 Å². The normalized spacial score (nSPS) is 27.9. The number of likely N-dealkylation sites (tertiary alicyclic amines) is 1. The molecule has 5 aliphatic rings. The number of nitrogens with one attached hydrogen (secondary N) is 1. The zero-order valence-electron chi connectivity index (χ0n) is 25.4. The molecule has 44 heavy (non-hydrogen) atoms. The van der Waals surface area contributed by atoms with Crippen molar-refractivity contribution in [1.29, 1.82) is 0 Å². The predicted molar refractivity (Wildman–Crippen MR) is 168 cm³/mol. The molecule has 9 nitrogen and oxygen atoms in total. The van der Waals surface area contributed by atoms with Crippen LogP contribution in [0.15, 0.2) is 36.4 Å². The van der Waals surface area contributed by atoms with E-state index in [4.69, 9.17) is 4.74 Å². The Balaban J connectivity index is 1.34. The molecule has 1 N–H and O–H groups in total. The van der Waals surface area contributed by atoms with E-state index < -0.39 is 22.2 Å². The highest BCUT2D eigenvalue weighted by Crippen LogP contribution is 2.66. The minimum absolute atomic E-state index is 0.0873. The van der Waals surface area contributed by atoms with Crippen molar-refractivity contribution in [3.05, 3.63) is 53.1 Å². The van der Waals surface area contributed by atoms with Crippen molar-refractivity contribution in [2.75, 3.05) is 27.2 Å². The van der Waals surface area contributed by atoms with Crippen LogP contribution in [0.4, 0.5) is 0 Å². The van der Waals surface area contributed by atoms with E-state index in [1.165, 1.54) is 30.4 Å². The van der Waals surface area contributed by atoms with Gasteiger partial charge in [-0.3, -0.25) is 14.3 Å². The average Bonchev–Trinajstić information content (AvgIpc) is 3.60. The molecule has 2 aliphatic carbocycles. The van der Waals surface area contributed by atoms with Gasteiger partial charge in [-0.15, -0.1) is 0 Å². The summed E-state index contributed by atoms with van der Waals surface area (Å²) in [6, 6.07) is 12.4. The van der Waals surface area contributed by atoms with Gasteiger partial charge in [0.15, 0.2) is 0 Å². The van der Waals surface area contributed by atoms with Crippen LogP contribution in [0.1, 0.15) is 84.7 Å². The van der Waals surface area contributed by atoms with Crippen molar-refractivity contribution < 1.29 is 22.7 Å². The summed E-state index contributed by atoms with van der Waals surface area (Å²) < 4.78 is 32.8. The molecule has 2 aromatic carbocycles. The summed E-state index contributed by atoms with van der Waals surface area (Å²) in [5.74, 6) is 0.891. The van der Waals surface area contributed by atoms with Crippen molar-refractivity contribution in [2.24, 2.45) is 5.41 Å². The minimum atomic E-state index is -3.07. The SMILES string of the molecule is COc1ccc2c(c1)C1CC1(C(=O)N1C3CCC1CN(C)C3)Cn1c-2c(C2CCCCC2)c2ccc(C(=O)N[SH](=O)=O)cc21. The number of aromatic nitrogens is 1. The molecular formula is C34H40N4O5S. The quantitative estimate of drug-likeness (QED) is 0.412. The van der Waals surface area contributed by atoms with Gasteiger partial charge in [-0.2, -0.15) is 0 Å². The van der Waals surface area contributed by atoms with Crippen LogP contribution in [-0.2, 0) is 22.2 Å². The molecular weight excluding hydrogens is 576 g/mol. The highest BCUT2D eigenvalue weighted by Gasteiger charge is 2.65. The van der Waals surface area contributed by atoms with Crippen molar-refractivity contribution in [3.8, 4) is 17.0 Å².